The Balaban J connectivity index is 2.07. The lowest BCUT2D eigenvalue weighted by Crippen LogP contribution is -2.23. The smallest absolute Gasteiger partial charge is 0.0391 e. The highest BCUT2D eigenvalue weighted by Crippen LogP contribution is 2.24. The lowest BCUT2D eigenvalue weighted by atomic mass is 10.0. The summed E-state index contributed by atoms with van der Waals surface area (Å²) in [4.78, 5) is 1.40. The number of nitrogens with one attached hydrogen (secondary N) is 1. The molecule has 0 bridgehead atoms. The third-order valence-electron chi connectivity index (χ3n) is 3.31. The van der Waals surface area contributed by atoms with Gasteiger partial charge < -0.3 is 5.32 Å². The van der Waals surface area contributed by atoms with Crippen LogP contribution in [0.25, 0.3) is 0 Å². The standard InChI is InChI=1S/C16H21NS/c1-4-15(14-9-7-12(2)8-10-14)17-13(3)16-6-5-11-18-16/h5-11,13,15,17H,4H2,1-3H3/t13-,15?/m1/s1. The van der Waals surface area contributed by atoms with Crippen molar-refractivity contribution in [3.8, 4) is 0 Å². The summed E-state index contributed by atoms with van der Waals surface area (Å²) in [5, 5.41) is 5.85. The quantitative estimate of drug-likeness (QED) is 0.808. The van der Waals surface area contributed by atoms with Crippen LogP contribution in [0.2, 0.25) is 0 Å². The Morgan fingerprint density at radius 3 is 2.44 bits per heavy atom. The second-order valence-corrected chi connectivity index (χ2v) is 5.75. The van der Waals surface area contributed by atoms with Crippen LogP contribution in [-0.2, 0) is 0 Å². The van der Waals surface area contributed by atoms with E-state index in [9.17, 15) is 0 Å². The summed E-state index contributed by atoms with van der Waals surface area (Å²) in [7, 11) is 0. The molecule has 0 amide bonds. The molecule has 0 fully saturated rings. The van der Waals surface area contributed by atoms with Crippen molar-refractivity contribution in [1.82, 2.24) is 5.32 Å². The molecule has 2 rings (SSSR count). The minimum absolute atomic E-state index is 0.413. The molecule has 96 valence electrons. The van der Waals surface area contributed by atoms with E-state index in [4.69, 9.17) is 0 Å². The number of benzene rings is 1. The van der Waals surface area contributed by atoms with Crippen LogP contribution >= 0.6 is 11.3 Å². The number of hydrogen-bond acceptors (Lipinski definition) is 2. The highest BCUT2D eigenvalue weighted by atomic mass is 32.1. The maximum absolute atomic E-state index is 3.72. The van der Waals surface area contributed by atoms with Crippen LogP contribution in [0.4, 0.5) is 0 Å². The van der Waals surface area contributed by atoms with Crippen molar-refractivity contribution in [2.24, 2.45) is 0 Å². The fraction of sp³-hybridized carbons (Fsp3) is 0.375. The maximum Gasteiger partial charge on any atom is 0.0391 e. The van der Waals surface area contributed by atoms with E-state index in [1.54, 1.807) is 0 Å². The molecule has 1 unspecified atom stereocenters. The van der Waals surface area contributed by atoms with E-state index in [1.807, 2.05) is 11.3 Å². The molecule has 1 heterocycles. The molecule has 1 N–H and O–H groups in total. The number of aryl methyl sites for hydroxylation is 1. The van der Waals surface area contributed by atoms with E-state index in [2.05, 4.69) is 67.9 Å². The topological polar surface area (TPSA) is 12.0 Å². The summed E-state index contributed by atoms with van der Waals surface area (Å²) < 4.78 is 0. The van der Waals surface area contributed by atoms with Gasteiger partial charge in [0.25, 0.3) is 0 Å². The first-order valence-electron chi connectivity index (χ1n) is 6.56. The van der Waals surface area contributed by atoms with Gasteiger partial charge in [-0.1, -0.05) is 42.8 Å². The maximum atomic E-state index is 3.72. The zero-order valence-electron chi connectivity index (χ0n) is 11.3. The first-order valence-corrected chi connectivity index (χ1v) is 7.44. The van der Waals surface area contributed by atoms with E-state index < -0.39 is 0 Å². The molecule has 2 atom stereocenters. The van der Waals surface area contributed by atoms with E-state index in [0.717, 1.165) is 6.42 Å². The Hall–Kier alpha value is -1.12. The van der Waals surface area contributed by atoms with Crippen LogP contribution in [0.15, 0.2) is 41.8 Å². The molecule has 2 heteroatoms. The molecule has 1 aromatic heterocycles. The first-order chi connectivity index (χ1) is 8.70. The average Bonchev–Trinajstić information content (AvgIpc) is 2.91. The van der Waals surface area contributed by atoms with Gasteiger partial charge in [0.05, 0.1) is 0 Å². The van der Waals surface area contributed by atoms with Crippen molar-refractivity contribution in [1.29, 1.82) is 0 Å². The van der Waals surface area contributed by atoms with Crippen molar-refractivity contribution in [2.45, 2.75) is 39.3 Å². The summed E-state index contributed by atoms with van der Waals surface area (Å²) in [6.07, 6.45) is 1.11. The van der Waals surface area contributed by atoms with Crippen molar-refractivity contribution in [3.63, 3.8) is 0 Å². The Morgan fingerprint density at radius 2 is 1.89 bits per heavy atom. The number of rotatable bonds is 5. The fourth-order valence-corrected chi connectivity index (χ4v) is 2.91. The molecule has 0 saturated carbocycles. The van der Waals surface area contributed by atoms with Gasteiger partial charge in [-0.2, -0.15) is 0 Å². The molecule has 1 aromatic carbocycles. The van der Waals surface area contributed by atoms with E-state index in [-0.39, 0.29) is 0 Å². The van der Waals surface area contributed by atoms with Gasteiger partial charge in [0, 0.05) is 17.0 Å². The third kappa shape index (κ3) is 3.21. The fourth-order valence-electron chi connectivity index (χ4n) is 2.17. The van der Waals surface area contributed by atoms with Crippen molar-refractivity contribution < 1.29 is 0 Å². The zero-order valence-corrected chi connectivity index (χ0v) is 12.1. The normalized spacial score (nSPS) is 14.4. The van der Waals surface area contributed by atoms with Crippen molar-refractivity contribution in [2.75, 3.05) is 0 Å². The summed E-state index contributed by atoms with van der Waals surface area (Å²) in [5.41, 5.74) is 2.70. The lowest BCUT2D eigenvalue weighted by molar-refractivity contribution is 0.460. The van der Waals surface area contributed by atoms with Crippen LogP contribution < -0.4 is 5.32 Å². The van der Waals surface area contributed by atoms with E-state index in [0.29, 0.717) is 12.1 Å². The average molecular weight is 259 g/mol. The van der Waals surface area contributed by atoms with Gasteiger partial charge in [0.15, 0.2) is 0 Å². The summed E-state index contributed by atoms with van der Waals surface area (Å²) in [6, 6.07) is 14.0. The van der Waals surface area contributed by atoms with Crippen molar-refractivity contribution in [3.05, 3.63) is 57.8 Å². The predicted molar refractivity (Wildman–Crippen MR) is 80.1 cm³/mol. The van der Waals surface area contributed by atoms with Gasteiger partial charge in [0.1, 0.15) is 0 Å². The third-order valence-corrected chi connectivity index (χ3v) is 4.36. The van der Waals surface area contributed by atoms with E-state index >= 15 is 0 Å². The second-order valence-electron chi connectivity index (χ2n) is 4.78. The molecule has 0 radical (unpaired) electrons. The van der Waals surface area contributed by atoms with Crippen LogP contribution in [-0.4, -0.2) is 0 Å². The monoisotopic (exact) mass is 259 g/mol. The van der Waals surface area contributed by atoms with E-state index in [1.165, 1.54) is 16.0 Å². The lowest BCUT2D eigenvalue weighted by Gasteiger charge is -2.22. The molecule has 2 aromatic rings. The molecular formula is C16H21NS. The molecule has 0 saturated heterocycles. The minimum atomic E-state index is 0.413. The van der Waals surface area contributed by atoms with Crippen molar-refractivity contribution >= 4 is 11.3 Å². The van der Waals surface area contributed by atoms with Crippen LogP contribution in [0, 0.1) is 6.92 Å². The highest BCUT2D eigenvalue weighted by molar-refractivity contribution is 7.10. The van der Waals surface area contributed by atoms with Gasteiger partial charge in [-0.15, -0.1) is 11.3 Å². The second kappa shape index (κ2) is 6.17. The Labute approximate surface area is 114 Å². The van der Waals surface area contributed by atoms with Gasteiger partial charge >= 0.3 is 0 Å². The molecular weight excluding hydrogens is 238 g/mol. The predicted octanol–water partition coefficient (Wildman–Crippen LogP) is 4.86. The summed E-state index contributed by atoms with van der Waals surface area (Å²) in [6.45, 7) is 6.60. The van der Waals surface area contributed by atoms with Crippen LogP contribution in [0.3, 0.4) is 0 Å². The Morgan fingerprint density at radius 1 is 1.17 bits per heavy atom. The summed E-state index contributed by atoms with van der Waals surface area (Å²) >= 11 is 1.82. The minimum Gasteiger partial charge on any atom is -0.303 e. The van der Waals surface area contributed by atoms with Crippen LogP contribution in [0.5, 0.6) is 0 Å². The number of hydrogen-bond donors (Lipinski definition) is 1. The molecule has 0 aliphatic carbocycles. The Bertz CT molecular complexity index is 458. The molecule has 0 aliphatic heterocycles. The molecule has 1 nitrogen and oxygen atoms in total. The number of thiophene rings is 1. The molecule has 0 spiro atoms. The SMILES string of the molecule is CCC(N[C@H](C)c1cccs1)c1ccc(C)cc1. The van der Waals surface area contributed by atoms with Gasteiger partial charge in [-0.25, -0.2) is 0 Å². The summed E-state index contributed by atoms with van der Waals surface area (Å²) in [5.74, 6) is 0. The van der Waals surface area contributed by atoms with Crippen LogP contribution in [0.1, 0.15) is 48.4 Å². The highest BCUT2D eigenvalue weighted by Gasteiger charge is 2.13. The van der Waals surface area contributed by atoms with Gasteiger partial charge in [-0.05, 0) is 37.3 Å². The molecule has 0 aliphatic rings. The first kappa shape index (κ1) is 13.3. The van der Waals surface area contributed by atoms with Gasteiger partial charge in [-0.3, -0.25) is 0 Å². The Kier molecular flexibility index (Phi) is 4.56. The zero-order chi connectivity index (χ0) is 13.0. The largest absolute Gasteiger partial charge is 0.303 e. The molecule has 18 heavy (non-hydrogen) atoms. The van der Waals surface area contributed by atoms with Gasteiger partial charge in [0.2, 0.25) is 0 Å².